The smallest absolute Gasteiger partial charge is 0.282 e. The minimum Gasteiger partial charge on any atom is -0.494 e. The Balaban J connectivity index is 3.34. The Morgan fingerprint density at radius 1 is 1.53 bits per heavy atom. The summed E-state index contributed by atoms with van der Waals surface area (Å²) >= 11 is 0. The molecule has 0 atom stereocenters. The summed E-state index contributed by atoms with van der Waals surface area (Å²) in [6, 6.07) is 0.882. The van der Waals surface area contributed by atoms with Gasteiger partial charge in [-0.2, -0.15) is 0 Å². The lowest BCUT2D eigenvalue weighted by molar-refractivity contribution is 0.150. The first kappa shape index (κ1) is 12.1. The van der Waals surface area contributed by atoms with Gasteiger partial charge in [0.25, 0.3) is 15.5 Å². The van der Waals surface area contributed by atoms with Gasteiger partial charge in [0, 0.05) is 22.4 Å². The van der Waals surface area contributed by atoms with Crippen LogP contribution < -0.4 is 4.74 Å². The van der Waals surface area contributed by atoms with Crippen molar-refractivity contribution in [2.45, 2.75) is 11.5 Å². The van der Waals surface area contributed by atoms with E-state index in [0.29, 0.717) is 0 Å². The Hall–Kier alpha value is -0.950. The van der Waals surface area contributed by atoms with Crippen LogP contribution in [0.15, 0.2) is 17.3 Å². The molecule has 1 heterocycles. The summed E-state index contributed by atoms with van der Waals surface area (Å²) in [5.41, 5.74) is -0.434. The van der Waals surface area contributed by atoms with Crippen molar-refractivity contribution in [3.63, 3.8) is 0 Å². The molecule has 8 heteroatoms. The molecule has 0 aliphatic heterocycles. The first-order valence-corrected chi connectivity index (χ1v) is 5.94. The van der Waals surface area contributed by atoms with Crippen LogP contribution in [0.5, 0.6) is 5.75 Å². The van der Waals surface area contributed by atoms with Gasteiger partial charge in [-0.3, -0.25) is 0 Å². The molecule has 15 heavy (non-hydrogen) atoms. The zero-order valence-electron chi connectivity index (χ0n) is 7.45. The molecule has 0 N–H and O–H groups in total. The lowest BCUT2D eigenvalue weighted by atomic mass is 10.3. The van der Waals surface area contributed by atoms with E-state index in [9.17, 15) is 17.2 Å². The minimum atomic E-state index is -4.10. The Labute approximate surface area is 89.3 Å². The van der Waals surface area contributed by atoms with Gasteiger partial charge in [0.1, 0.15) is 0 Å². The van der Waals surface area contributed by atoms with Gasteiger partial charge in [-0.1, -0.05) is 0 Å². The molecule has 84 valence electrons. The Morgan fingerprint density at radius 2 is 2.13 bits per heavy atom. The highest BCUT2D eigenvalue weighted by molar-refractivity contribution is 8.13. The average Bonchev–Trinajstić information content (AvgIpc) is 2.15. The van der Waals surface area contributed by atoms with Crippen LogP contribution in [0, 0.1) is 0 Å². The number of alkyl halides is 2. The van der Waals surface area contributed by atoms with Gasteiger partial charge >= 0.3 is 0 Å². The average molecular weight is 258 g/mol. The third kappa shape index (κ3) is 2.75. The third-order valence-electron chi connectivity index (χ3n) is 1.54. The number of halogens is 3. The molecule has 0 aliphatic carbocycles. The van der Waals surface area contributed by atoms with Crippen LogP contribution in [-0.2, 0) is 9.05 Å². The number of hydrogen-bond acceptors (Lipinski definition) is 4. The van der Waals surface area contributed by atoms with Crippen molar-refractivity contribution in [3.8, 4) is 5.75 Å². The molecule has 0 saturated carbocycles. The van der Waals surface area contributed by atoms with E-state index in [4.69, 9.17) is 10.7 Å². The summed E-state index contributed by atoms with van der Waals surface area (Å²) in [6.45, 7) is 0. The van der Waals surface area contributed by atoms with Gasteiger partial charge in [0.15, 0.2) is 5.75 Å². The number of nitrogens with zero attached hydrogens (tertiary/aromatic N) is 1. The maximum atomic E-state index is 12.2. The molecule has 0 radical (unpaired) electrons. The fourth-order valence-corrected chi connectivity index (χ4v) is 1.80. The molecule has 1 aromatic rings. The molecule has 4 nitrogen and oxygen atoms in total. The van der Waals surface area contributed by atoms with E-state index in [0.717, 1.165) is 19.4 Å². The molecule has 0 saturated heterocycles. The molecule has 0 aromatic carbocycles. The van der Waals surface area contributed by atoms with Crippen LogP contribution in [0.25, 0.3) is 0 Å². The highest BCUT2D eigenvalue weighted by atomic mass is 35.7. The van der Waals surface area contributed by atoms with Crippen molar-refractivity contribution in [1.82, 2.24) is 4.98 Å². The predicted octanol–water partition coefficient (Wildman–Crippen LogP) is 1.96. The van der Waals surface area contributed by atoms with Crippen LogP contribution in [0.2, 0.25) is 0 Å². The number of hydrogen-bond donors (Lipinski definition) is 0. The molecular weight excluding hydrogens is 252 g/mol. The van der Waals surface area contributed by atoms with E-state index in [1.807, 2.05) is 0 Å². The molecule has 0 unspecified atom stereocenters. The molecule has 0 spiro atoms. The Bertz CT molecular complexity index is 463. The molecule has 1 rings (SSSR count). The zero-order valence-corrected chi connectivity index (χ0v) is 9.02. The van der Waals surface area contributed by atoms with Crippen LogP contribution in [0.1, 0.15) is 12.0 Å². The van der Waals surface area contributed by atoms with Crippen molar-refractivity contribution in [2.24, 2.45) is 0 Å². The largest absolute Gasteiger partial charge is 0.494 e. The van der Waals surface area contributed by atoms with Crippen LogP contribution in [0.3, 0.4) is 0 Å². The van der Waals surface area contributed by atoms with Gasteiger partial charge in [0.2, 0.25) is 5.03 Å². The fraction of sp³-hybridized carbons (Fsp3) is 0.286. The van der Waals surface area contributed by atoms with Gasteiger partial charge in [-0.15, -0.1) is 0 Å². The highest BCUT2D eigenvalue weighted by Gasteiger charge is 2.20. The molecule has 0 fully saturated rings. The normalized spacial score (nSPS) is 11.8. The van der Waals surface area contributed by atoms with Crippen LogP contribution in [0.4, 0.5) is 8.78 Å². The van der Waals surface area contributed by atoms with Gasteiger partial charge in [0.05, 0.1) is 7.11 Å². The maximum Gasteiger partial charge on any atom is 0.282 e. The summed E-state index contributed by atoms with van der Waals surface area (Å²) in [6.07, 6.45) is -2.01. The molecule has 0 amide bonds. The highest BCUT2D eigenvalue weighted by Crippen LogP contribution is 2.28. The molecule has 0 bridgehead atoms. The summed E-state index contributed by atoms with van der Waals surface area (Å²) < 4.78 is 50.9. The van der Waals surface area contributed by atoms with Gasteiger partial charge < -0.3 is 4.74 Å². The minimum absolute atomic E-state index is 0.303. The number of pyridine rings is 1. The molecule has 0 aliphatic rings. The second-order valence-corrected chi connectivity index (χ2v) is 5.00. The Kier molecular flexibility index (Phi) is 3.46. The van der Waals surface area contributed by atoms with Crippen molar-refractivity contribution in [1.29, 1.82) is 0 Å². The standard InChI is InChI=1S/C7H6ClF2NO3S/c1-14-5-2-4(6(9)10)3-11-7(5)15(8,12)13/h2-3,6H,1H3. The van der Waals surface area contributed by atoms with Crippen LogP contribution >= 0.6 is 10.7 Å². The molecular formula is C7H6ClF2NO3S. The first-order chi connectivity index (χ1) is 6.86. The number of methoxy groups -OCH3 is 1. The lowest BCUT2D eigenvalue weighted by Crippen LogP contribution is -2.01. The van der Waals surface area contributed by atoms with Crippen molar-refractivity contribution in [3.05, 3.63) is 17.8 Å². The van der Waals surface area contributed by atoms with E-state index in [-0.39, 0.29) is 5.75 Å². The maximum absolute atomic E-state index is 12.2. The van der Waals surface area contributed by atoms with E-state index >= 15 is 0 Å². The monoisotopic (exact) mass is 257 g/mol. The number of rotatable bonds is 3. The van der Waals surface area contributed by atoms with Crippen molar-refractivity contribution >= 4 is 19.7 Å². The quantitative estimate of drug-likeness (QED) is 0.777. The summed E-state index contributed by atoms with van der Waals surface area (Å²) in [5.74, 6) is -0.303. The van der Waals surface area contributed by atoms with Gasteiger partial charge in [-0.25, -0.2) is 22.2 Å². The van der Waals surface area contributed by atoms with Crippen molar-refractivity contribution in [2.75, 3.05) is 7.11 Å². The molecule has 1 aromatic heterocycles. The fourth-order valence-electron chi connectivity index (χ4n) is 0.896. The SMILES string of the molecule is COc1cc(C(F)F)cnc1S(=O)(=O)Cl. The van der Waals surface area contributed by atoms with Crippen LogP contribution in [-0.4, -0.2) is 20.5 Å². The first-order valence-electron chi connectivity index (χ1n) is 3.63. The third-order valence-corrected chi connectivity index (χ3v) is 2.75. The predicted molar refractivity (Wildman–Crippen MR) is 48.8 cm³/mol. The van der Waals surface area contributed by atoms with E-state index in [1.54, 1.807) is 0 Å². The summed E-state index contributed by atoms with van der Waals surface area (Å²) in [4.78, 5) is 3.32. The van der Waals surface area contributed by atoms with Gasteiger partial charge in [-0.05, 0) is 6.07 Å². The second kappa shape index (κ2) is 4.28. The number of aromatic nitrogens is 1. The van der Waals surface area contributed by atoms with E-state index in [2.05, 4.69) is 9.72 Å². The summed E-state index contributed by atoms with van der Waals surface area (Å²) in [5, 5.41) is -0.573. The second-order valence-electron chi connectivity index (χ2n) is 2.51. The van der Waals surface area contributed by atoms with Crippen molar-refractivity contribution < 1.29 is 21.9 Å². The zero-order chi connectivity index (χ0) is 11.6. The Morgan fingerprint density at radius 3 is 2.53 bits per heavy atom. The number of ether oxygens (including phenoxy) is 1. The topological polar surface area (TPSA) is 56.3 Å². The summed E-state index contributed by atoms with van der Waals surface area (Å²) in [7, 11) is 2.06. The lowest BCUT2D eigenvalue weighted by Gasteiger charge is -2.06. The van der Waals surface area contributed by atoms with E-state index in [1.165, 1.54) is 0 Å². The van der Waals surface area contributed by atoms with E-state index < -0.39 is 26.1 Å².